The van der Waals surface area contributed by atoms with Crippen LogP contribution in [0.25, 0.3) is 0 Å². The second-order valence-corrected chi connectivity index (χ2v) is 5.14. The van der Waals surface area contributed by atoms with Gasteiger partial charge in [0.25, 0.3) is 0 Å². The van der Waals surface area contributed by atoms with Gasteiger partial charge in [-0.05, 0) is 12.1 Å². The second kappa shape index (κ2) is 7.33. The number of benzene rings is 1. The molecular weight excluding hydrogens is 277 g/mol. The van der Waals surface area contributed by atoms with Crippen molar-refractivity contribution < 1.29 is 9.13 Å². The third-order valence-corrected chi connectivity index (χ3v) is 3.80. The molecule has 1 heterocycles. The quantitative estimate of drug-likeness (QED) is 0.797. The summed E-state index contributed by atoms with van der Waals surface area (Å²) in [6.07, 6.45) is 0. The van der Waals surface area contributed by atoms with Gasteiger partial charge in [0.15, 0.2) is 5.13 Å². The largest absolute Gasteiger partial charge is 0.383 e. The Morgan fingerprint density at radius 1 is 1.40 bits per heavy atom. The van der Waals surface area contributed by atoms with Crippen molar-refractivity contribution in [2.24, 2.45) is 0 Å². The van der Waals surface area contributed by atoms with Gasteiger partial charge in [0.1, 0.15) is 5.82 Å². The van der Waals surface area contributed by atoms with Gasteiger partial charge in [0, 0.05) is 32.6 Å². The molecule has 2 rings (SSSR count). The van der Waals surface area contributed by atoms with Crippen LogP contribution in [0.5, 0.6) is 0 Å². The number of nitrogens with zero attached hydrogens (tertiary/aromatic N) is 2. The summed E-state index contributed by atoms with van der Waals surface area (Å²) >= 11 is 1.50. The maximum absolute atomic E-state index is 13.7. The fourth-order valence-electron chi connectivity index (χ4n) is 1.75. The molecule has 0 radical (unpaired) electrons. The van der Waals surface area contributed by atoms with Crippen LogP contribution in [-0.2, 0) is 11.3 Å². The molecule has 1 aromatic heterocycles. The lowest BCUT2D eigenvalue weighted by Crippen LogP contribution is -2.19. The van der Waals surface area contributed by atoms with Crippen molar-refractivity contribution in [3.05, 3.63) is 41.2 Å². The number of ether oxygens (including phenoxy) is 1. The van der Waals surface area contributed by atoms with E-state index >= 15 is 0 Å². The molecule has 0 fully saturated rings. The highest BCUT2D eigenvalue weighted by Crippen LogP contribution is 2.28. The maximum Gasteiger partial charge on any atom is 0.189 e. The van der Waals surface area contributed by atoms with Crippen LogP contribution in [0, 0.1) is 5.82 Å². The van der Waals surface area contributed by atoms with Gasteiger partial charge in [-0.15, -0.1) is 11.3 Å². The van der Waals surface area contributed by atoms with Crippen LogP contribution in [0.15, 0.2) is 29.6 Å². The minimum Gasteiger partial charge on any atom is -0.383 e. The number of rotatable bonds is 7. The highest BCUT2D eigenvalue weighted by molar-refractivity contribution is 7.13. The molecule has 2 aromatic rings. The van der Waals surface area contributed by atoms with E-state index in [9.17, 15) is 4.39 Å². The first-order chi connectivity index (χ1) is 9.72. The van der Waals surface area contributed by atoms with Gasteiger partial charge in [-0.2, -0.15) is 0 Å². The van der Waals surface area contributed by atoms with Crippen LogP contribution >= 0.6 is 11.3 Å². The van der Waals surface area contributed by atoms with Crippen molar-refractivity contribution in [3.8, 4) is 0 Å². The van der Waals surface area contributed by atoms with Gasteiger partial charge in [0.05, 0.1) is 18.0 Å². The van der Waals surface area contributed by atoms with Crippen LogP contribution in [0.3, 0.4) is 0 Å². The van der Waals surface area contributed by atoms with E-state index in [1.165, 1.54) is 17.4 Å². The minimum atomic E-state index is -0.245. The number of nitrogens with one attached hydrogen (secondary N) is 1. The van der Waals surface area contributed by atoms with Crippen LogP contribution < -0.4 is 10.2 Å². The highest BCUT2D eigenvalue weighted by Gasteiger charge is 2.12. The Bertz CT molecular complexity index is 547. The molecule has 1 aromatic carbocycles. The Labute approximate surface area is 122 Å². The molecule has 0 bridgehead atoms. The third-order valence-electron chi connectivity index (χ3n) is 2.83. The number of hydrogen-bond acceptors (Lipinski definition) is 5. The monoisotopic (exact) mass is 295 g/mol. The van der Waals surface area contributed by atoms with Crippen LogP contribution in [0.2, 0.25) is 0 Å². The number of thiazole rings is 1. The molecule has 0 saturated carbocycles. The van der Waals surface area contributed by atoms with Crippen molar-refractivity contribution in [2.75, 3.05) is 32.2 Å². The van der Waals surface area contributed by atoms with Crippen LogP contribution in [0.4, 0.5) is 15.2 Å². The predicted octanol–water partition coefficient (Wildman–Crippen LogP) is 2.79. The first-order valence-corrected chi connectivity index (χ1v) is 7.22. The number of halogens is 1. The van der Waals surface area contributed by atoms with E-state index in [1.54, 1.807) is 24.1 Å². The number of aromatic nitrogens is 1. The normalized spacial score (nSPS) is 10.8. The van der Waals surface area contributed by atoms with Gasteiger partial charge in [-0.3, -0.25) is 0 Å². The zero-order chi connectivity index (χ0) is 14.4. The molecule has 0 unspecified atom stereocenters. The summed E-state index contributed by atoms with van der Waals surface area (Å²) in [5, 5.41) is 5.99. The summed E-state index contributed by atoms with van der Waals surface area (Å²) in [6.45, 7) is 2.14. The van der Waals surface area contributed by atoms with E-state index < -0.39 is 0 Å². The molecule has 0 aliphatic carbocycles. The van der Waals surface area contributed by atoms with Crippen LogP contribution in [-0.4, -0.2) is 32.3 Å². The zero-order valence-electron chi connectivity index (χ0n) is 11.6. The Morgan fingerprint density at radius 2 is 2.20 bits per heavy atom. The molecule has 0 amide bonds. The molecule has 0 atom stereocenters. The zero-order valence-corrected chi connectivity index (χ0v) is 12.4. The standard InChI is InChI=1S/C14H18FN3OS/c1-18(13-6-4-3-5-12(13)15)14-17-11(10-20-14)9-16-7-8-19-2/h3-6,10,16H,7-9H2,1-2H3. The Hall–Kier alpha value is -1.50. The van der Waals surface area contributed by atoms with E-state index in [2.05, 4.69) is 10.3 Å². The fraction of sp³-hybridized carbons (Fsp3) is 0.357. The summed E-state index contributed by atoms with van der Waals surface area (Å²) in [5.41, 5.74) is 1.48. The average molecular weight is 295 g/mol. The molecule has 1 N–H and O–H groups in total. The lowest BCUT2D eigenvalue weighted by atomic mass is 10.3. The van der Waals surface area contributed by atoms with Crippen molar-refractivity contribution in [2.45, 2.75) is 6.54 Å². The van der Waals surface area contributed by atoms with Crippen molar-refractivity contribution in [3.63, 3.8) is 0 Å². The molecule has 0 aliphatic rings. The van der Waals surface area contributed by atoms with Gasteiger partial charge in [-0.1, -0.05) is 12.1 Å². The average Bonchev–Trinajstić information content (AvgIpc) is 2.92. The number of anilines is 2. The Morgan fingerprint density at radius 3 is 2.95 bits per heavy atom. The molecule has 108 valence electrons. The number of hydrogen-bond donors (Lipinski definition) is 1. The van der Waals surface area contributed by atoms with Gasteiger partial charge in [-0.25, -0.2) is 9.37 Å². The van der Waals surface area contributed by atoms with Crippen molar-refractivity contribution in [1.82, 2.24) is 10.3 Å². The highest BCUT2D eigenvalue weighted by atomic mass is 32.1. The Kier molecular flexibility index (Phi) is 5.46. The maximum atomic E-state index is 13.7. The second-order valence-electron chi connectivity index (χ2n) is 4.30. The van der Waals surface area contributed by atoms with Gasteiger partial charge >= 0.3 is 0 Å². The van der Waals surface area contributed by atoms with Crippen molar-refractivity contribution in [1.29, 1.82) is 0 Å². The molecule has 20 heavy (non-hydrogen) atoms. The molecule has 6 heteroatoms. The van der Waals surface area contributed by atoms with Gasteiger partial charge in [0.2, 0.25) is 0 Å². The van der Waals surface area contributed by atoms with E-state index in [0.717, 1.165) is 17.4 Å². The minimum absolute atomic E-state index is 0.245. The summed E-state index contributed by atoms with van der Waals surface area (Å²) in [7, 11) is 3.49. The summed E-state index contributed by atoms with van der Waals surface area (Å²) in [4.78, 5) is 6.26. The lowest BCUT2D eigenvalue weighted by molar-refractivity contribution is 0.199. The summed E-state index contributed by atoms with van der Waals surface area (Å²) in [6, 6.07) is 6.69. The SMILES string of the molecule is COCCNCc1csc(N(C)c2ccccc2F)n1. The van der Waals surface area contributed by atoms with E-state index in [4.69, 9.17) is 4.74 Å². The molecule has 0 saturated heterocycles. The van der Waals surface area contributed by atoms with E-state index in [1.807, 2.05) is 18.5 Å². The van der Waals surface area contributed by atoms with E-state index in [0.29, 0.717) is 18.8 Å². The summed E-state index contributed by atoms with van der Waals surface area (Å²) < 4.78 is 18.7. The lowest BCUT2D eigenvalue weighted by Gasteiger charge is -2.16. The fourth-order valence-corrected chi connectivity index (χ4v) is 2.55. The van der Waals surface area contributed by atoms with Crippen LogP contribution in [0.1, 0.15) is 5.69 Å². The number of methoxy groups -OCH3 is 1. The number of para-hydroxylation sites is 1. The first-order valence-electron chi connectivity index (χ1n) is 6.34. The topological polar surface area (TPSA) is 37.4 Å². The predicted molar refractivity (Wildman–Crippen MR) is 80.2 cm³/mol. The first kappa shape index (κ1) is 14.9. The molecule has 0 aliphatic heterocycles. The van der Waals surface area contributed by atoms with E-state index in [-0.39, 0.29) is 5.82 Å². The Balaban J connectivity index is 1.99. The molecule has 4 nitrogen and oxygen atoms in total. The van der Waals surface area contributed by atoms with Crippen molar-refractivity contribution >= 4 is 22.2 Å². The molecular formula is C14H18FN3OS. The van der Waals surface area contributed by atoms with Gasteiger partial charge < -0.3 is 15.0 Å². The smallest absolute Gasteiger partial charge is 0.189 e. The molecule has 0 spiro atoms. The summed E-state index contributed by atoms with van der Waals surface area (Å²) in [5.74, 6) is -0.245. The third kappa shape index (κ3) is 3.75.